The lowest BCUT2D eigenvalue weighted by Crippen LogP contribution is -2.17. The van der Waals surface area contributed by atoms with Crippen molar-refractivity contribution in [3.8, 4) is 5.75 Å². The Morgan fingerprint density at radius 3 is 2.35 bits per heavy atom. The van der Waals surface area contributed by atoms with Gasteiger partial charge >= 0.3 is 0 Å². The Morgan fingerprint density at radius 2 is 1.80 bits per heavy atom. The maximum Gasteiger partial charge on any atom is 0.133 e. The molecule has 0 spiro atoms. The van der Waals surface area contributed by atoms with Crippen molar-refractivity contribution in [1.82, 2.24) is 5.32 Å². The van der Waals surface area contributed by atoms with Crippen LogP contribution in [0.2, 0.25) is 5.02 Å². The molecular weight excluding hydrogens is 338 g/mol. The smallest absolute Gasteiger partial charge is 0.133 e. The van der Waals surface area contributed by atoms with Crippen molar-refractivity contribution < 1.29 is 4.74 Å². The summed E-state index contributed by atoms with van der Waals surface area (Å²) < 4.78 is 6.22. The Bertz CT molecular complexity index is 615. The first kappa shape index (κ1) is 15.4. The Labute approximate surface area is 133 Å². The van der Waals surface area contributed by atoms with E-state index in [4.69, 9.17) is 16.3 Å². The lowest BCUT2D eigenvalue weighted by Gasteiger charge is -2.19. The lowest BCUT2D eigenvalue weighted by atomic mass is 9.97. The number of aryl methyl sites for hydroxylation is 1. The quantitative estimate of drug-likeness (QED) is 0.857. The summed E-state index contributed by atoms with van der Waals surface area (Å²) in [5.74, 6) is 0.830. The number of methoxy groups -OCH3 is 1. The second kappa shape index (κ2) is 6.61. The van der Waals surface area contributed by atoms with Crippen LogP contribution in [0.4, 0.5) is 0 Å². The number of hydrogen-bond donors (Lipinski definition) is 1. The van der Waals surface area contributed by atoms with Crippen LogP contribution in [0.15, 0.2) is 40.9 Å². The fourth-order valence-electron chi connectivity index (χ4n) is 2.24. The Kier molecular flexibility index (Phi) is 5.08. The first-order valence-corrected chi connectivity index (χ1v) is 7.50. The largest absolute Gasteiger partial charge is 0.496 e. The topological polar surface area (TPSA) is 21.3 Å². The highest BCUT2D eigenvalue weighted by Gasteiger charge is 2.14. The molecule has 0 amide bonds. The first-order valence-electron chi connectivity index (χ1n) is 6.33. The number of halogens is 2. The van der Waals surface area contributed by atoms with Crippen LogP contribution in [0.5, 0.6) is 5.75 Å². The van der Waals surface area contributed by atoms with E-state index in [0.29, 0.717) is 0 Å². The van der Waals surface area contributed by atoms with Gasteiger partial charge in [0.1, 0.15) is 5.75 Å². The van der Waals surface area contributed by atoms with Crippen molar-refractivity contribution in [2.24, 2.45) is 0 Å². The molecular formula is C16H17BrClNO. The third-order valence-corrected chi connectivity index (χ3v) is 4.36. The molecule has 106 valence electrons. The van der Waals surface area contributed by atoms with Gasteiger partial charge in [0.2, 0.25) is 0 Å². The molecule has 4 heteroatoms. The SMILES string of the molecule is CNC(c1ccc(Cl)c(C)c1)c1ccc(OC)c(Br)c1. The molecule has 1 unspecified atom stereocenters. The highest BCUT2D eigenvalue weighted by atomic mass is 79.9. The molecule has 2 aromatic rings. The zero-order chi connectivity index (χ0) is 14.7. The predicted molar refractivity (Wildman–Crippen MR) is 87.8 cm³/mol. The predicted octanol–water partition coefficient (Wildman–Crippen LogP) is 4.73. The highest BCUT2D eigenvalue weighted by Crippen LogP contribution is 2.31. The summed E-state index contributed by atoms with van der Waals surface area (Å²) in [6, 6.07) is 12.3. The van der Waals surface area contributed by atoms with Crippen molar-refractivity contribution >= 4 is 27.5 Å². The van der Waals surface area contributed by atoms with Gasteiger partial charge in [-0.15, -0.1) is 0 Å². The minimum absolute atomic E-state index is 0.119. The van der Waals surface area contributed by atoms with Crippen molar-refractivity contribution in [1.29, 1.82) is 0 Å². The van der Waals surface area contributed by atoms with Gasteiger partial charge in [0.15, 0.2) is 0 Å². The van der Waals surface area contributed by atoms with Crippen LogP contribution >= 0.6 is 27.5 Å². The monoisotopic (exact) mass is 353 g/mol. The average Bonchev–Trinajstić information content (AvgIpc) is 2.44. The Balaban J connectivity index is 2.41. The van der Waals surface area contributed by atoms with Crippen LogP contribution in [0.1, 0.15) is 22.7 Å². The average molecular weight is 355 g/mol. The second-order valence-corrected chi connectivity index (χ2v) is 5.89. The van der Waals surface area contributed by atoms with Gasteiger partial charge in [-0.2, -0.15) is 0 Å². The molecule has 0 aliphatic rings. The van der Waals surface area contributed by atoms with Crippen LogP contribution in [0, 0.1) is 6.92 Å². The number of benzene rings is 2. The Morgan fingerprint density at radius 1 is 1.15 bits per heavy atom. The van der Waals surface area contributed by atoms with Gasteiger partial charge in [-0.1, -0.05) is 29.8 Å². The maximum atomic E-state index is 6.09. The van der Waals surface area contributed by atoms with E-state index in [1.165, 1.54) is 11.1 Å². The maximum absolute atomic E-state index is 6.09. The summed E-state index contributed by atoms with van der Waals surface area (Å²) in [5, 5.41) is 4.13. The highest BCUT2D eigenvalue weighted by molar-refractivity contribution is 9.10. The first-order chi connectivity index (χ1) is 9.56. The van der Waals surface area contributed by atoms with Gasteiger partial charge in [-0.05, 0) is 64.8 Å². The molecule has 0 saturated carbocycles. The molecule has 1 atom stereocenters. The normalized spacial score (nSPS) is 12.2. The zero-order valence-corrected chi connectivity index (χ0v) is 14.0. The summed E-state index contributed by atoms with van der Waals surface area (Å²) in [7, 11) is 3.62. The molecule has 0 aliphatic heterocycles. The van der Waals surface area contributed by atoms with Crippen molar-refractivity contribution in [2.45, 2.75) is 13.0 Å². The third kappa shape index (κ3) is 3.17. The van der Waals surface area contributed by atoms with Gasteiger partial charge in [-0.25, -0.2) is 0 Å². The summed E-state index contributed by atoms with van der Waals surface area (Å²) >= 11 is 9.62. The van der Waals surface area contributed by atoms with Crippen LogP contribution in [0.25, 0.3) is 0 Å². The molecule has 0 aromatic heterocycles. The fourth-order valence-corrected chi connectivity index (χ4v) is 2.91. The van der Waals surface area contributed by atoms with E-state index in [0.717, 1.165) is 20.8 Å². The van der Waals surface area contributed by atoms with Crippen molar-refractivity contribution in [2.75, 3.05) is 14.2 Å². The van der Waals surface area contributed by atoms with E-state index in [1.807, 2.05) is 26.1 Å². The van der Waals surface area contributed by atoms with Crippen LogP contribution in [-0.2, 0) is 0 Å². The minimum Gasteiger partial charge on any atom is -0.496 e. The third-order valence-electron chi connectivity index (χ3n) is 3.31. The molecule has 1 N–H and O–H groups in total. The number of ether oxygens (including phenoxy) is 1. The summed E-state index contributed by atoms with van der Waals surface area (Å²) in [5.41, 5.74) is 3.44. The molecule has 0 saturated heterocycles. The van der Waals surface area contributed by atoms with Gasteiger partial charge in [0.05, 0.1) is 17.6 Å². The van der Waals surface area contributed by atoms with Crippen LogP contribution in [0.3, 0.4) is 0 Å². The molecule has 0 aliphatic carbocycles. The molecule has 2 aromatic carbocycles. The number of rotatable bonds is 4. The van der Waals surface area contributed by atoms with E-state index >= 15 is 0 Å². The molecule has 0 bridgehead atoms. The van der Waals surface area contributed by atoms with Crippen molar-refractivity contribution in [3.63, 3.8) is 0 Å². The standard InChI is InChI=1S/C16H17BrClNO/c1-10-8-11(4-6-14(10)18)16(19-2)12-5-7-15(20-3)13(17)9-12/h4-9,16,19H,1-3H3. The summed E-state index contributed by atoms with van der Waals surface area (Å²) in [4.78, 5) is 0. The summed E-state index contributed by atoms with van der Waals surface area (Å²) in [6.45, 7) is 2.02. The molecule has 2 nitrogen and oxygen atoms in total. The number of hydrogen-bond acceptors (Lipinski definition) is 2. The van der Waals surface area contributed by atoms with E-state index in [2.05, 4.69) is 45.5 Å². The van der Waals surface area contributed by atoms with Crippen molar-refractivity contribution in [3.05, 3.63) is 62.6 Å². The van der Waals surface area contributed by atoms with Gasteiger partial charge < -0.3 is 10.1 Å². The van der Waals surface area contributed by atoms with E-state index < -0.39 is 0 Å². The fraction of sp³-hybridized carbons (Fsp3) is 0.250. The summed E-state index contributed by atoms with van der Waals surface area (Å²) in [6.07, 6.45) is 0. The van der Waals surface area contributed by atoms with E-state index in [1.54, 1.807) is 7.11 Å². The van der Waals surface area contributed by atoms with Crippen LogP contribution in [-0.4, -0.2) is 14.2 Å². The molecule has 20 heavy (non-hydrogen) atoms. The molecule has 0 heterocycles. The van der Waals surface area contributed by atoms with Crippen LogP contribution < -0.4 is 10.1 Å². The molecule has 0 fully saturated rings. The lowest BCUT2D eigenvalue weighted by molar-refractivity contribution is 0.412. The second-order valence-electron chi connectivity index (χ2n) is 4.62. The van der Waals surface area contributed by atoms with Gasteiger partial charge in [0, 0.05) is 5.02 Å². The van der Waals surface area contributed by atoms with E-state index in [9.17, 15) is 0 Å². The molecule has 2 rings (SSSR count). The van der Waals surface area contributed by atoms with Gasteiger partial charge in [-0.3, -0.25) is 0 Å². The van der Waals surface area contributed by atoms with E-state index in [-0.39, 0.29) is 6.04 Å². The Hall–Kier alpha value is -1.03. The zero-order valence-electron chi connectivity index (χ0n) is 11.7. The minimum atomic E-state index is 0.119. The number of nitrogens with one attached hydrogen (secondary N) is 1. The van der Waals surface area contributed by atoms with Gasteiger partial charge in [0.25, 0.3) is 0 Å². The molecule has 0 radical (unpaired) electrons.